The Hall–Kier alpha value is -2.76. The molecule has 2 aromatic rings. The van der Waals surface area contributed by atoms with Crippen molar-refractivity contribution in [2.24, 2.45) is 4.99 Å². The van der Waals surface area contributed by atoms with E-state index in [1.54, 1.807) is 7.05 Å². The van der Waals surface area contributed by atoms with Crippen molar-refractivity contribution in [2.45, 2.75) is 52.3 Å². The van der Waals surface area contributed by atoms with Gasteiger partial charge in [0.05, 0.1) is 12.1 Å². The van der Waals surface area contributed by atoms with E-state index in [0.29, 0.717) is 12.4 Å². The zero-order chi connectivity index (χ0) is 20.6. The van der Waals surface area contributed by atoms with Crippen LogP contribution in [0.3, 0.4) is 0 Å². The van der Waals surface area contributed by atoms with Crippen molar-refractivity contribution < 1.29 is 4.74 Å². The molecular formula is C23H33N5O. The number of anilines is 1. The Bertz CT molecular complexity index is 797. The largest absolute Gasteiger partial charge is 0.475 e. The first-order valence-corrected chi connectivity index (χ1v) is 10.5. The molecule has 0 radical (unpaired) electrons. The lowest BCUT2D eigenvalue weighted by Gasteiger charge is -2.22. The molecule has 29 heavy (non-hydrogen) atoms. The van der Waals surface area contributed by atoms with E-state index in [9.17, 15) is 0 Å². The molecule has 0 saturated carbocycles. The third-order valence-corrected chi connectivity index (χ3v) is 5.03. The molecule has 1 aliphatic heterocycles. The monoisotopic (exact) mass is 395 g/mol. The van der Waals surface area contributed by atoms with Gasteiger partial charge in [0, 0.05) is 44.6 Å². The summed E-state index contributed by atoms with van der Waals surface area (Å²) in [4.78, 5) is 11.2. The highest BCUT2D eigenvalue weighted by Gasteiger charge is 2.14. The van der Waals surface area contributed by atoms with Crippen LogP contribution in [0.5, 0.6) is 5.88 Å². The summed E-state index contributed by atoms with van der Waals surface area (Å²) < 4.78 is 5.59. The first kappa shape index (κ1) is 21.0. The fourth-order valence-electron chi connectivity index (χ4n) is 3.46. The Morgan fingerprint density at radius 3 is 2.62 bits per heavy atom. The molecule has 2 N–H and O–H groups in total. The molecule has 156 valence electrons. The summed E-state index contributed by atoms with van der Waals surface area (Å²) in [6, 6.07) is 12.9. The predicted molar refractivity (Wildman–Crippen MR) is 120 cm³/mol. The van der Waals surface area contributed by atoms with Crippen molar-refractivity contribution in [3.8, 4) is 5.88 Å². The molecule has 1 aromatic carbocycles. The molecule has 1 unspecified atom stereocenters. The zero-order valence-electron chi connectivity index (χ0n) is 18.0. The first-order valence-electron chi connectivity index (χ1n) is 10.5. The van der Waals surface area contributed by atoms with Crippen molar-refractivity contribution in [1.29, 1.82) is 0 Å². The van der Waals surface area contributed by atoms with Gasteiger partial charge in [0.15, 0.2) is 5.96 Å². The third-order valence-electron chi connectivity index (χ3n) is 5.03. The minimum atomic E-state index is 0.125. The van der Waals surface area contributed by atoms with Crippen LogP contribution in [0, 0.1) is 0 Å². The number of benzene rings is 1. The average molecular weight is 396 g/mol. The molecule has 0 bridgehead atoms. The maximum absolute atomic E-state index is 5.59. The lowest BCUT2D eigenvalue weighted by molar-refractivity contribution is 0.232. The number of nitrogens with one attached hydrogen (secondary N) is 2. The third kappa shape index (κ3) is 6.11. The molecule has 3 rings (SSSR count). The van der Waals surface area contributed by atoms with Gasteiger partial charge < -0.3 is 20.3 Å². The molecule has 0 spiro atoms. The maximum atomic E-state index is 5.59. The fraction of sp³-hybridized carbons (Fsp3) is 0.478. The molecule has 1 fully saturated rings. The molecule has 1 aliphatic rings. The van der Waals surface area contributed by atoms with Gasteiger partial charge in [-0.2, -0.15) is 0 Å². The van der Waals surface area contributed by atoms with E-state index >= 15 is 0 Å². The summed E-state index contributed by atoms with van der Waals surface area (Å²) >= 11 is 0. The number of hydrogen-bond donors (Lipinski definition) is 2. The van der Waals surface area contributed by atoms with Crippen LogP contribution in [0.25, 0.3) is 0 Å². The molecule has 2 heterocycles. The van der Waals surface area contributed by atoms with E-state index in [1.807, 2.05) is 32.2 Å². The second kappa shape index (κ2) is 10.1. The van der Waals surface area contributed by atoms with Crippen LogP contribution in [-0.4, -0.2) is 37.2 Å². The smallest absolute Gasteiger partial charge is 0.213 e. The minimum Gasteiger partial charge on any atom is -0.475 e. The normalized spacial score (nSPS) is 15.5. The number of aliphatic imine (C=N–C) groups is 1. The van der Waals surface area contributed by atoms with E-state index in [0.717, 1.165) is 24.6 Å². The molecular weight excluding hydrogens is 362 g/mol. The van der Waals surface area contributed by atoms with E-state index in [1.165, 1.54) is 24.1 Å². The number of guanidine groups is 1. The van der Waals surface area contributed by atoms with Gasteiger partial charge in [0.25, 0.3) is 0 Å². The summed E-state index contributed by atoms with van der Waals surface area (Å²) in [6.45, 7) is 9.11. The van der Waals surface area contributed by atoms with E-state index < -0.39 is 0 Å². The van der Waals surface area contributed by atoms with Gasteiger partial charge in [-0.05, 0) is 56.9 Å². The zero-order valence-corrected chi connectivity index (χ0v) is 18.0. The van der Waals surface area contributed by atoms with E-state index in [-0.39, 0.29) is 12.1 Å². The van der Waals surface area contributed by atoms with E-state index in [2.05, 4.69) is 56.7 Å². The summed E-state index contributed by atoms with van der Waals surface area (Å²) in [5.41, 5.74) is 3.65. The molecule has 1 aromatic heterocycles. The van der Waals surface area contributed by atoms with Crippen LogP contribution in [0.15, 0.2) is 47.6 Å². The number of ether oxygens (including phenoxy) is 1. The molecule has 1 saturated heterocycles. The SMILES string of the molecule is CN=C(NCc1ccc(OC(C)C)nc1)NC(C)c1cccc(N2CCCC2)c1. The van der Waals surface area contributed by atoms with Crippen molar-refractivity contribution >= 4 is 11.6 Å². The molecule has 6 heteroatoms. The van der Waals surface area contributed by atoms with Crippen LogP contribution >= 0.6 is 0 Å². The Morgan fingerprint density at radius 2 is 1.97 bits per heavy atom. The number of nitrogens with zero attached hydrogens (tertiary/aromatic N) is 3. The number of rotatable bonds is 7. The fourth-order valence-corrected chi connectivity index (χ4v) is 3.46. The summed E-state index contributed by atoms with van der Waals surface area (Å²) in [7, 11) is 1.79. The van der Waals surface area contributed by atoms with Gasteiger partial charge in [-0.25, -0.2) is 4.98 Å². The lowest BCUT2D eigenvalue weighted by atomic mass is 10.1. The Balaban J connectivity index is 1.55. The van der Waals surface area contributed by atoms with Gasteiger partial charge in [-0.3, -0.25) is 4.99 Å². The first-order chi connectivity index (χ1) is 14.0. The highest BCUT2D eigenvalue weighted by molar-refractivity contribution is 5.80. The van der Waals surface area contributed by atoms with Gasteiger partial charge in [-0.15, -0.1) is 0 Å². The molecule has 6 nitrogen and oxygen atoms in total. The standard InChI is InChI=1S/C23H33N5O/c1-17(2)29-22-11-10-19(15-25-22)16-26-23(24-4)27-18(3)20-8-7-9-21(14-20)28-12-5-6-13-28/h7-11,14-15,17-18H,5-6,12-13,16H2,1-4H3,(H2,24,26,27). The van der Waals surface area contributed by atoms with Crippen molar-refractivity contribution in [3.63, 3.8) is 0 Å². The second-order valence-corrected chi connectivity index (χ2v) is 7.75. The number of aromatic nitrogens is 1. The van der Waals surface area contributed by atoms with Crippen molar-refractivity contribution in [1.82, 2.24) is 15.6 Å². The average Bonchev–Trinajstić information content (AvgIpc) is 3.26. The highest BCUT2D eigenvalue weighted by Crippen LogP contribution is 2.24. The van der Waals surface area contributed by atoms with Crippen LogP contribution in [-0.2, 0) is 6.54 Å². The summed E-state index contributed by atoms with van der Waals surface area (Å²) in [5.74, 6) is 1.42. The molecule has 1 atom stereocenters. The number of hydrogen-bond acceptors (Lipinski definition) is 4. The quantitative estimate of drug-likeness (QED) is 0.550. The van der Waals surface area contributed by atoms with Crippen LogP contribution < -0.4 is 20.3 Å². The van der Waals surface area contributed by atoms with Gasteiger partial charge in [-0.1, -0.05) is 18.2 Å². The van der Waals surface area contributed by atoms with Gasteiger partial charge in [0.2, 0.25) is 5.88 Å². The van der Waals surface area contributed by atoms with Crippen LogP contribution in [0.4, 0.5) is 5.69 Å². The van der Waals surface area contributed by atoms with Gasteiger partial charge >= 0.3 is 0 Å². The Kier molecular flexibility index (Phi) is 7.33. The number of pyridine rings is 1. The second-order valence-electron chi connectivity index (χ2n) is 7.75. The molecule has 0 aliphatic carbocycles. The Morgan fingerprint density at radius 1 is 1.17 bits per heavy atom. The van der Waals surface area contributed by atoms with Gasteiger partial charge in [0.1, 0.15) is 0 Å². The van der Waals surface area contributed by atoms with E-state index in [4.69, 9.17) is 4.74 Å². The summed E-state index contributed by atoms with van der Waals surface area (Å²) in [6.07, 6.45) is 4.53. The summed E-state index contributed by atoms with van der Waals surface area (Å²) in [5, 5.41) is 6.85. The van der Waals surface area contributed by atoms with Crippen molar-refractivity contribution in [3.05, 3.63) is 53.7 Å². The highest BCUT2D eigenvalue weighted by atomic mass is 16.5. The minimum absolute atomic E-state index is 0.125. The maximum Gasteiger partial charge on any atom is 0.213 e. The van der Waals surface area contributed by atoms with Crippen LogP contribution in [0.1, 0.15) is 50.8 Å². The van der Waals surface area contributed by atoms with Crippen molar-refractivity contribution in [2.75, 3.05) is 25.0 Å². The topological polar surface area (TPSA) is 61.8 Å². The van der Waals surface area contributed by atoms with Crippen LogP contribution in [0.2, 0.25) is 0 Å². The predicted octanol–water partition coefficient (Wildman–Crippen LogP) is 3.90. The lowest BCUT2D eigenvalue weighted by Crippen LogP contribution is -2.38. The Labute approximate surface area is 174 Å². The molecule has 0 amide bonds.